The Morgan fingerprint density at radius 1 is 1.52 bits per heavy atom. The van der Waals surface area contributed by atoms with Crippen LogP contribution in [-0.4, -0.2) is 37.0 Å². The molecule has 1 atom stereocenters. The maximum atomic E-state index is 13.7. The number of carbonyl (C=O) groups excluding carboxylic acids is 1. The van der Waals surface area contributed by atoms with E-state index in [1.807, 2.05) is 4.90 Å². The Kier molecular flexibility index (Phi) is 4.52. The third kappa shape index (κ3) is 3.53. The minimum absolute atomic E-state index is 0.0135. The number of benzene rings is 1. The van der Waals surface area contributed by atoms with Gasteiger partial charge in [-0.3, -0.25) is 4.79 Å². The fraction of sp³-hybridized carbons (Fsp3) is 0.562. The molecule has 116 valence electrons. The maximum Gasteiger partial charge on any atom is 0.227 e. The van der Waals surface area contributed by atoms with E-state index in [0.717, 1.165) is 6.42 Å². The van der Waals surface area contributed by atoms with Crippen molar-refractivity contribution in [1.29, 1.82) is 0 Å². The lowest BCUT2D eigenvalue weighted by Crippen LogP contribution is -2.54. The zero-order chi connectivity index (χ0) is 15.6. The van der Waals surface area contributed by atoms with Crippen LogP contribution in [0.4, 0.5) is 4.39 Å². The molecule has 1 saturated heterocycles. The van der Waals surface area contributed by atoms with Gasteiger partial charge in [0.1, 0.15) is 0 Å². The summed E-state index contributed by atoms with van der Waals surface area (Å²) in [5.74, 6) is -0.236. The van der Waals surface area contributed by atoms with E-state index in [-0.39, 0.29) is 29.5 Å². The number of likely N-dealkylation sites (tertiary alicyclic amines) is 1. The van der Waals surface area contributed by atoms with Gasteiger partial charge in [-0.1, -0.05) is 19.9 Å². The number of carbonyl (C=O) groups is 1. The average molecular weight is 294 g/mol. The van der Waals surface area contributed by atoms with Gasteiger partial charge >= 0.3 is 0 Å². The van der Waals surface area contributed by atoms with Crippen molar-refractivity contribution in [1.82, 2.24) is 4.90 Å². The number of methoxy groups -OCH3 is 1. The van der Waals surface area contributed by atoms with Crippen LogP contribution >= 0.6 is 0 Å². The lowest BCUT2D eigenvalue weighted by atomic mass is 9.79. The molecule has 0 bridgehead atoms. The molecule has 0 saturated carbocycles. The number of rotatable bonds is 3. The van der Waals surface area contributed by atoms with Gasteiger partial charge in [0.15, 0.2) is 11.6 Å². The molecule has 1 aliphatic heterocycles. The highest BCUT2D eigenvalue weighted by molar-refractivity contribution is 5.79. The summed E-state index contributed by atoms with van der Waals surface area (Å²) in [6.45, 7) is 5.46. The Balaban J connectivity index is 2.03. The largest absolute Gasteiger partial charge is 0.494 e. The van der Waals surface area contributed by atoms with Gasteiger partial charge in [0.25, 0.3) is 0 Å². The summed E-state index contributed by atoms with van der Waals surface area (Å²) in [5, 5.41) is 0. The summed E-state index contributed by atoms with van der Waals surface area (Å²) >= 11 is 0. The summed E-state index contributed by atoms with van der Waals surface area (Å²) < 4.78 is 18.5. The summed E-state index contributed by atoms with van der Waals surface area (Å²) in [7, 11) is 1.42. The van der Waals surface area contributed by atoms with E-state index in [1.165, 1.54) is 13.2 Å². The lowest BCUT2D eigenvalue weighted by Gasteiger charge is -2.42. The molecular weight excluding hydrogens is 271 g/mol. The normalized spacial score (nSPS) is 21.2. The molecule has 4 nitrogen and oxygen atoms in total. The predicted molar refractivity (Wildman–Crippen MR) is 79.6 cm³/mol. The average Bonchev–Trinajstić information content (AvgIpc) is 2.42. The van der Waals surface area contributed by atoms with Gasteiger partial charge in [0.2, 0.25) is 5.91 Å². The molecule has 1 amide bonds. The van der Waals surface area contributed by atoms with Gasteiger partial charge < -0.3 is 15.4 Å². The molecule has 0 aliphatic carbocycles. The van der Waals surface area contributed by atoms with Gasteiger partial charge in [-0.2, -0.15) is 0 Å². The molecule has 1 aromatic rings. The number of amides is 1. The van der Waals surface area contributed by atoms with Crippen LogP contribution in [0.5, 0.6) is 5.75 Å². The minimum Gasteiger partial charge on any atom is -0.494 e. The molecule has 2 rings (SSSR count). The van der Waals surface area contributed by atoms with Crippen LogP contribution in [0.3, 0.4) is 0 Å². The summed E-state index contributed by atoms with van der Waals surface area (Å²) in [6.07, 6.45) is 1.00. The molecular formula is C16H23FN2O2. The topological polar surface area (TPSA) is 55.6 Å². The molecule has 0 radical (unpaired) electrons. The van der Waals surface area contributed by atoms with Crippen LogP contribution in [0.15, 0.2) is 18.2 Å². The second-order valence-corrected chi connectivity index (χ2v) is 6.34. The highest BCUT2D eigenvalue weighted by atomic mass is 19.1. The van der Waals surface area contributed by atoms with Crippen LogP contribution in [0, 0.1) is 11.2 Å². The number of hydrogen-bond donors (Lipinski definition) is 1. The van der Waals surface area contributed by atoms with Crippen molar-refractivity contribution in [2.75, 3.05) is 20.2 Å². The molecule has 21 heavy (non-hydrogen) atoms. The van der Waals surface area contributed by atoms with Crippen molar-refractivity contribution in [3.05, 3.63) is 29.6 Å². The van der Waals surface area contributed by atoms with E-state index < -0.39 is 5.82 Å². The Bertz CT molecular complexity index is 531. The van der Waals surface area contributed by atoms with Crippen molar-refractivity contribution < 1.29 is 13.9 Å². The number of nitrogens with two attached hydrogens (primary N) is 1. The first-order valence-electron chi connectivity index (χ1n) is 7.19. The molecule has 1 fully saturated rings. The van der Waals surface area contributed by atoms with Crippen LogP contribution < -0.4 is 10.5 Å². The van der Waals surface area contributed by atoms with Crippen LogP contribution in [0.25, 0.3) is 0 Å². The van der Waals surface area contributed by atoms with Crippen LogP contribution in [0.2, 0.25) is 0 Å². The first kappa shape index (κ1) is 15.8. The highest BCUT2D eigenvalue weighted by Gasteiger charge is 2.35. The molecule has 1 aromatic carbocycles. The number of nitrogens with zero attached hydrogens (tertiary/aromatic N) is 1. The molecule has 0 spiro atoms. The Labute approximate surface area is 125 Å². The zero-order valence-electron chi connectivity index (χ0n) is 12.9. The van der Waals surface area contributed by atoms with E-state index >= 15 is 0 Å². The SMILES string of the molecule is COc1ccc(CC(=O)N2CCC(N)C(C)(C)C2)cc1F. The van der Waals surface area contributed by atoms with E-state index in [0.29, 0.717) is 18.7 Å². The molecule has 5 heteroatoms. The van der Waals surface area contributed by atoms with Gasteiger partial charge in [-0.05, 0) is 29.5 Å². The highest BCUT2D eigenvalue weighted by Crippen LogP contribution is 2.28. The second-order valence-electron chi connectivity index (χ2n) is 6.34. The van der Waals surface area contributed by atoms with Crippen molar-refractivity contribution in [2.24, 2.45) is 11.1 Å². The van der Waals surface area contributed by atoms with E-state index in [9.17, 15) is 9.18 Å². The lowest BCUT2D eigenvalue weighted by molar-refractivity contribution is -0.133. The van der Waals surface area contributed by atoms with Crippen molar-refractivity contribution >= 4 is 5.91 Å². The summed E-state index contributed by atoms with van der Waals surface area (Å²) in [4.78, 5) is 14.2. The second kappa shape index (κ2) is 6.02. The van der Waals surface area contributed by atoms with Gasteiger partial charge in [0.05, 0.1) is 13.5 Å². The number of hydrogen-bond acceptors (Lipinski definition) is 3. The maximum absolute atomic E-state index is 13.7. The molecule has 0 aromatic heterocycles. The van der Waals surface area contributed by atoms with E-state index in [1.54, 1.807) is 12.1 Å². The smallest absolute Gasteiger partial charge is 0.227 e. The quantitative estimate of drug-likeness (QED) is 0.927. The molecule has 1 unspecified atom stereocenters. The Morgan fingerprint density at radius 3 is 2.81 bits per heavy atom. The number of halogens is 1. The van der Waals surface area contributed by atoms with Crippen LogP contribution in [0.1, 0.15) is 25.8 Å². The van der Waals surface area contributed by atoms with Gasteiger partial charge in [0, 0.05) is 19.1 Å². The molecule has 1 heterocycles. The standard InChI is InChI=1S/C16H23FN2O2/c1-16(2)10-19(7-6-14(16)18)15(20)9-11-4-5-13(21-3)12(17)8-11/h4-5,8,14H,6-7,9-10,18H2,1-3H3. The van der Waals surface area contributed by atoms with Crippen LogP contribution in [-0.2, 0) is 11.2 Å². The fourth-order valence-corrected chi connectivity index (χ4v) is 2.69. The summed E-state index contributed by atoms with van der Waals surface area (Å²) in [6, 6.07) is 4.74. The van der Waals surface area contributed by atoms with Crippen molar-refractivity contribution in [2.45, 2.75) is 32.7 Å². The number of piperidine rings is 1. The first-order chi connectivity index (χ1) is 9.83. The predicted octanol–water partition coefficient (Wildman–Crippen LogP) is 1.96. The zero-order valence-corrected chi connectivity index (χ0v) is 12.9. The fourth-order valence-electron chi connectivity index (χ4n) is 2.69. The third-order valence-corrected chi connectivity index (χ3v) is 4.24. The Morgan fingerprint density at radius 2 is 2.24 bits per heavy atom. The summed E-state index contributed by atoms with van der Waals surface area (Å²) in [5.41, 5.74) is 6.65. The van der Waals surface area contributed by atoms with Crippen molar-refractivity contribution in [3.63, 3.8) is 0 Å². The Hall–Kier alpha value is -1.62. The van der Waals surface area contributed by atoms with E-state index in [2.05, 4.69) is 13.8 Å². The third-order valence-electron chi connectivity index (χ3n) is 4.24. The van der Waals surface area contributed by atoms with E-state index in [4.69, 9.17) is 10.5 Å². The number of ether oxygens (including phenoxy) is 1. The molecule has 1 aliphatic rings. The monoisotopic (exact) mass is 294 g/mol. The molecule has 2 N–H and O–H groups in total. The van der Waals surface area contributed by atoms with Gasteiger partial charge in [-0.15, -0.1) is 0 Å². The minimum atomic E-state index is -0.441. The first-order valence-corrected chi connectivity index (χ1v) is 7.19. The van der Waals surface area contributed by atoms with Gasteiger partial charge in [-0.25, -0.2) is 4.39 Å². The van der Waals surface area contributed by atoms with Crippen molar-refractivity contribution in [3.8, 4) is 5.75 Å².